The second kappa shape index (κ2) is 9.38. The molecule has 0 fully saturated rings. The van der Waals surface area contributed by atoms with Gasteiger partial charge in [-0.25, -0.2) is 9.67 Å². The third-order valence-corrected chi connectivity index (χ3v) is 6.81. The Bertz CT molecular complexity index is 1630. The fraction of sp³-hybridized carbons (Fsp3) is 0.188. The van der Waals surface area contributed by atoms with Gasteiger partial charge >= 0.3 is 0 Å². The zero-order valence-electron chi connectivity index (χ0n) is 22.2. The smallest absolute Gasteiger partial charge is 0.154 e. The Hall–Kier alpha value is -4.58. The summed E-state index contributed by atoms with van der Waals surface area (Å²) in [5.74, 6) is 2.32. The number of nitrogens with zero attached hydrogens (tertiary/aromatic N) is 5. The average Bonchev–Trinajstić information content (AvgIpc) is 3.55. The lowest BCUT2D eigenvalue weighted by atomic mass is 9.88. The Morgan fingerprint density at radius 2 is 1.66 bits per heavy atom. The van der Waals surface area contributed by atoms with Crippen LogP contribution in [0.1, 0.15) is 26.3 Å². The molecule has 3 aromatic carbocycles. The molecule has 0 bridgehead atoms. The van der Waals surface area contributed by atoms with Gasteiger partial charge < -0.3 is 14.5 Å². The predicted octanol–water partition coefficient (Wildman–Crippen LogP) is 7.36. The largest absolute Gasteiger partial charge is 0.457 e. The highest BCUT2D eigenvalue weighted by Gasteiger charge is 2.17. The molecule has 0 saturated carbocycles. The summed E-state index contributed by atoms with van der Waals surface area (Å²) in [5, 5.41) is 5.68. The van der Waals surface area contributed by atoms with Crippen molar-refractivity contribution in [2.24, 2.45) is 0 Å². The number of aromatic nitrogens is 3. The van der Waals surface area contributed by atoms with Crippen LogP contribution in [0.25, 0.3) is 27.8 Å². The minimum absolute atomic E-state index is 0.0235. The standard InChI is InChI=1S/C32H31N5O/c1-32(2,3)26-12-13-33-31(18-26)37-30-20-28(11-10-24(30)21-34-37)38-29-17-25(23-8-6-5-7-9-23)16-27(19-29)36-15-14-35(4)22-36/h5-21H,22H2,1-4H3. The van der Waals surface area contributed by atoms with Gasteiger partial charge in [0.25, 0.3) is 0 Å². The van der Waals surface area contributed by atoms with Gasteiger partial charge in [-0.05, 0) is 58.5 Å². The molecular weight excluding hydrogens is 470 g/mol. The van der Waals surface area contributed by atoms with Gasteiger partial charge in [-0.3, -0.25) is 0 Å². The Labute approximate surface area is 223 Å². The lowest BCUT2D eigenvalue weighted by molar-refractivity contribution is 0.481. The first-order valence-electron chi connectivity index (χ1n) is 12.8. The second-order valence-electron chi connectivity index (χ2n) is 10.8. The molecule has 190 valence electrons. The zero-order valence-corrected chi connectivity index (χ0v) is 22.2. The summed E-state index contributed by atoms with van der Waals surface area (Å²) in [4.78, 5) is 8.97. The normalized spacial score (nSPS) is 13.5. The molecule has 0 aliphatic carbocycles. The number of hydrogen-bond donors (Lipinski definition) is 0. The van der Waals surface area contributed by atoms with Gasteiger partial charge in [0.1, 0.15) is 11.5 Å². The molecule has 0 N–H and O–H groups in total. The van der Waals surface area contributed by atoms with Crippen molar-refractivity contribution in [3.05, 3.63) is 109 Å². The monoisotopic (exact) mass is 501 g/mol. The van der Waals surface area contributed by atoms with E-state index in [1.54, 1.807) is 0 Å². The van der Waals surface area contributed by atoms with Gasteiger partial charge in [0.15, 0.2) is 5.82 Å². The van der Waals surface area contributed by atoms with Crippen LogP contribution in [-0.2, 0) is 5.41 Å². The Kier molecular flexibility index (Phi) is 5.87. The van der Waals surface area contributed by atoms with Crippen LogP contribution in [0.5, 0.6) is 11.5 Å². The maximum Gasteiger partial charge on any atom is 0.154 e. The van der Waals surface area contributed by atoms with E-state index < -0.39 is 0 Å². The molecule has 3 heterocycles. The summed E-state index contributed by atoms with van der Waals surface area (Å²) >= 11 is 0. The van der Waals surface area contributed by atoms with Crippen molar-refractivity contribution < 1.29 is 4.74 Å². The minimum atomic E-state index is 0.0235. The maximum absolute atomic E-state index is 6.49. The molecule has 6 rings (SSSR count). The molecule has 6 heteroatoms. The third-order valence-electron chi connectivity index (χ3n) is 6.81. The molecule has 0 radical (unpaired) electrons. The highest BCUT2D eigenvalue weighted by atomic mass is 16.5. The fourth-order valence-electron chi connectivity index (χ4n) is 4.68. The molecule has 0 saturated heterocycles. The molecule has 1 aliphatic heterocycles. The van der Waals surface area contributed by atoms with Crippen LogP contribution in [0.3, 0.4) is 0 Å². The molecule has 5 aromatic rings. The SMILES string of the molecule is CN1C=CN(c2cc(Oc3ccc4cnn(-c5cc(C(C)(C)C)ccn5)c4c3)cc(-c3ccccc3)c2)C1. The lowest BCUT2D eigenvalue weighted by Gasteiger charge is -2.20. The van der Waals surface area contributed by atoms with Gasteiger partial charge in [-0.15, -0.1) is 0 Å². The molecule has 0 atom stereocenters. The second-order valence-corrected chi connectivity index (χ2v) is 10.8. The van der Waals surface area contributed by atoms with Crippen molar-refractivity contribution in [2.45, 2.75) is 26.2 Å². The maximum atomic E-state index is 6.49. The number of benzene rings is 3. The number of hydrogen-bond acceptors (Lipinski definition) is 5. The van der Waals surface area contributed by atoms with Gasteiger partial charge in [-0.1, -0.05) is 51.1 Å². The van der Waals surface area contributed by atoms with E-state index in [0.29, 0.717) is 0 Å². The van der Waals surface area contributed by atoms with E-state index in [-0.39, 0.29) is 5.41 Å². The van der Waals surface area contributed by atoms with E-state index in [2.05, 4.69) is 115 Å². The van der Waals surface area contributed by atoms with E-state index in [4.69, 9.17) is 4.74 Å². The summed E-state index contributed by atoms with van der Waals surface area (Å²) in [6.07, 6.45) is 7.89. The summed E-state index contributed by atoms with van der Waals surface area (Å²) in [6.45, 7) is 7.40. The van der Waals surface area contributed by atoms with Crippen molar-refractivity contribution in [1.29, 1.82) is 0 Å². The number of anilines is 1. The predicted molar refractivity (Wildman–Crippen MR) is 154 cm³/mol. The van der Waals surface area contributed by atoms with Crippen molar-refractivity contribution in [2.75, 3.05) is 18.6 Å². The minimum Gasteiger partial charge on any atom is -0.457 e. The number of fused-ring (bicyclic) bond motifs is 1. The lowest BCUT2D eigenvalue weighted by Crippen LogP contribution is -2.21. The van der Waals surface area contributed by atoms with Gasteiger partial charge in [-0.2, -0.15) is 5.10 Å². The summed E-state index contributed by atoms with van der Waals surface area (Å²) in [6, 6.07) is 27.0. The first-order chi connectivity index (χ1) is 18.3. The molecule has 0 spiro atoms. The van der Waals surface area contributed by atoms with Crippen LogP contribution >= 0.6 is 0 Å². The number of rotatable bonds is 5. The Morgan fingerprint density at radius 1 is 0.816 bits per heavy atom. The number of ether oxygens (including phenoxy) is 1. The quantitative estimate of drug-likeness (QED) is 0.252. The summed E-state index contributed by atoms with van der Waals surface area (Å²) in [7, 11) is 2.07. The average molecular weight is 502 g/mol. The number of pyridine rings is 1. The van der Waals surface area contributed by atoms with Crippen LogP contribution < -0.4 is 9.64 Å². The topological polar surface area (TPSA) is 46.4 Å². The van der Waals surface area contributed by atoms with E-state index in [1.165, 1.54) is 5.56 Å². The van der Waals surface area contributed by atoms with Crippen molar-refractivity contribution in [1.82, 2.24) is 19.7 Å². The van der Waals surface area contributed by atoms with Crippen molar-refractivity contribution >= 4 is 16.6 Å². The first-order valence-corrected chi connectivity index (χ1v) is 12.8. The fourth-order valence-corrected chi connectivity index (χ4v) is 4.68. The van der Waals surface area contributed by atoms with Crippen molar-refractivity contribution in [3.8, 4) is 28.4 Å². The van der Waals surface area contributed by atoms with E-state index in [0.717, 1.165) is 51.7 Å². The molecule has 1 aliphatic rings. The molecular formula is C32H31N5O. The Balaban J connectivity index is 1.38. The molecule has 38 heavy (non-hydrogen) atoms. The molecule has 2 aromatic heterocycles. The third kappa shape index (κ3) is 4.73. The highest BCUT2D eigenvalue weighted by Crippen LogP contribution is 2.35. The van der Waals surface area contributed by atoms with Gasteiger partial charge in [0.2, 0.25) is 0 Å². The Morgan fingerprint density at radius 3 is 2.42 bits per heavy atom. The zero-order chi connectivity index (χ0) is 26.3. The van der Waals surface area contributed by atoms with E-state index >= 15 is 0 Å². The van der Waals surface area contributed by atoms with E-state index in [1.807, 2.05) is 41.3 Å². The van der Waals surface area contributed by atoms with Gasteiger partial charge in [0.05, 0.1) is 18.4 Å². The molecule has 0 unspecified atom stereocenters. The van der Waals surface area contributed by atoms with Crippen LogP contribution in [0.15, 0.2) is 104 Å². The highest BCUT2D eigenvalue weighted by molar-refractivity contribution is 5.82. The summed E-state index contributed by atoms with van der Waals surface area (Å²) < 4.78 is 8.37. The van der Waals surface area contributed by atoms with E-state index in [9.17, 15) is 0 Å². The van der Waals surface area contributed by atoms with Crippen molar-refractivity contribution in [3.63, 3.8) is 0 Å². The van der Waals surface area contributed by atoms with Crippen LogP contribution in [0.4, 0.5) is 5.69 Å². The molecule has 0 amide bonds. The van der Waals surface area contributed by atoms with Crippen LogP contribution in [0, 0.1) is 0 Å². The summed E-state index contributed by atoms with van der Waals surface area (Å²) in [5.41, 5.74) is 5.52. The van der Waals surface area contributed by atoms with Crippen LogP contribution in [0.2, 0.25) is 0 Å². The van der Waals surface area contributed by atoms with Gasteiger partial charge in [0, 0.05) is 48.9 Å². The first kappa shape index (κ1) is 23.8. The molecule has 6 nitrogen and oxygen atoms in total. The van der Waals surface area contributed by atoms with Crippen LogP contribution in [-0.4, -0.2) is 33.4 Å².